The number of hydrogen-bond donors (Lipinski definition) is 2. The van der Waals surface area contributed by atoms with Crippen LogP contribution in [0.25, 0.3) is 11.1 Å². The second-order valence-corrected chi connectivity index (χ2v) is 6.75. The molecule has 0 aliphatic heterocycles. The van der Waals surface area contributed by atoms with E-state index in [0.29, 0.717) is 5.69 Å². The first-order valence-corrected chi connectivity index (χ1v) is 8.96. The van der Waals surface area contributed by atoms with Crippen LogP contribution in [0.15, 0.2) is 72.8 Å². The van der Waals surface area contributed by atoms with E-state index >= 15 is 0 Å². The molecule has 0 saturated heterocycles. The lowest BCUT2D eigenvalue weighted by Gasteiger charge is -2.30. The molecular formula is C23H21NO2. The Labute approximate surface area is 153 Å². The van der Waals surface area contributed by atoms with Gasteiger partial charge in [0.15, 0.2) is 0 Å². The molecule has 0 radical (unpaired) electrons. The first kappa shape index (κ1) is 16.4. The van der Waals surface area contributed by atoms with Crippen LogP contribution < -0.4 is 5.32 Å². The fourth-order valence-electron chi connectivity index (χ4n) is 4.15. The van der Waals surface area contributed by atoms with Crippen LogP contribution in [0.4, 0.5) is 5.69 Å². The van der Waals surface area contributed by atoms with Gasteiger partial charge in [-0.3, -0.25) is 4.79 Å². The number of carbonyl (C=O) groups is 1. The van der Waals surface area contributed by atoms with Crippen molar-refractivity contribution in [1.82, 2.24) is 0 Å². The number of amides is 1. The minimum Gasteiger partial charge on any atom is -0.508 e. The third-order valence-electron chi connectivity index (χ3n) is 5.18. The first-order chi connectivity index (χ1) is 12.7. The fraction of sp³-hybridized carbons (Fsp3) is 0.174. The molecule has 0 spiro atoms. The summed E-state index contributed by atoms with van der Waals surface area (Å²) < 4.78 is 0. The minimum absolute atomic E-state index is 0.0534. The first-order valence-electron chi connectivity index (χ1n) is 8.96. The minimum atomic E-state index is -0.715. The van der Waals surface area contributed by atoms with Crippen molar-refractivity contribution in [3.8, 4) is 16.9 Å². The monoisotopic (exact) mass is 343 g/mol. The molecule has 130 valence electrons. The van der Waals surface area contributed by atoms with E-state index in [1.165, 1.54) is 0 Å². The van der Waals surface area contributed by atoms with Crippen LogP contribution in [0.5, 0.6) is 5.75 Å². The van der Waals surface area contributed by atoms with Gasteiger partial charge >= 0.3 is 0 Å². The summed E-state index contributed by atoms with van der Waals surface area (Å²) in [4.78, 5) is 13.6. The quantitative estimate of drug-likeness (QED) is 0.692. The van der Waals surface area contributed by atoms with Crippen molar-refractivity contribution < 1.29 is 9.90 Å². The lowest BCUT2D eigenvalue weighted by Crippen LogP contribution is -2.40. The molecule has 1 aliphatic carbocycles. The van der Waals surface area contributed by atoms with E-state index in [9.17, 15) is 9.90 Å². The Kier molecular flexibility index (Phi) is 4.00. The Bertz CT molecular complexity index is 932. The van der Waals surface area contributed by atoms with Gasteiger partial charge in [-0.1, -0.05) is 67.9 Å². The normalized spacial score (nSPS) is 13.7. The van der Waals surface area contributed by atoms with E-state index in [4.69, 9.17) is 0 Å². The predicted molar refractivity (Wildman–Crippen MR) is 104 cm³/mol. The molecule has 0 unspecified atom stereocenters. The van der Waals surface area contributed by atoms with Gasteiger partial charge < -0.3 is 10.4 Å². The second-order valence-electron chi connectivity index (χ2n) is 6.75. The van der Waals surface area contributed by atoms with E-state index in [1.54, 1.807) is 24.3 Å². The van der Waals surface area contributed by atoms with Gasteiger partial charge in [0.25, 0.3) is 0 Å². The second kappa shape index (κ2) is 6.34. The van der Waals surface area contributed by atoms with Gasteiger partial charge in [0.2, 0.25) is 5.91 Å². The molecule has 0 atom stereocenters. The number of rotatable bonds is 4. The SMILES string of the molecule is CCCC1(C(=O)Nc2cccc(O)c2)c2ccccc2-c2ccccc21. The van der Waals surface area contributed by atoms with Gasteiger partial charge in [-0.05, 0) is 40.8 Å². The summed E-state index contributed by atoms with van der Waals surface area (Å²) in [5.41, 5.74) is 4.26. The largest absolute Gasteiger partial charge is 0.508 e. The molecule has 26 heavy (non-hydrogen) atoms. The van der Waals surface area contributed by atoms with Gasteiger partial charge in [-0.15, -0.1) is 0 Å². The molecule has 0 saturated carbocycles. The lowest BCUT2D eigenvalue weighted by molar-refractivity contribution is -0.120. The van der Waals surface area contributed by atoms with Crippen LogP contribution in [0, 0.1) is 0 Å². The zero-order chi connectivity index (χ0) is 18.1. The van der Waals surface area contributed by atoms with Crippen molar-refractivity contribution in [2.45, 2.75) is 25.2 Å². The number of anilines is 1. The topological polar surface area (TPSA) is 49.3 Å². The number of phenols is 1. The highest BCUT2D eigenvalue weighted by Gasteiger charge is 2.48. The number of fused-ring (bicyclic) bond motifs is 3. The summed E-state index contributed by atoms with van der Waals surface area (Å²) in [5, 5.41) is 12.8. The number of aromatic hydroxyl groups is 1. The number of hydrogen-bond acceptors (Lipinski definition) is 2. The van der Waals surface area contributed by atoms with E-state index < -0.39 is 5.41 Å². The molecule has 1 aliphatic rings. The molecule has 3 aromatic carbocycles. The summed E-state index contributed by atoms with van der Waals surface area (Å²) in [5.74, 6) is 0.0851. The highest BCUT2D eigenvalue weighted by molar-refractivity contribution is 6.07. The highest BCUT2D eigenvalue weighted by Crippen LogP contribution is 2.51. The van der Waals surface area contributed by atoms with Crippen LogP contribution in [0.3, 0.4) is 0 Å². The zero-order valence-corrected chi connectivity index (χ0v) is 14.7. The molecule has 4 rings (SSSR count). The Hall–Kier alpha value is -3.07. The van der Waals surface area contributed by atoms with Crippen molar-refractivity contribution in [2.75, 3.05) is 5.32 Å². The molecule has 2 N–H and O–H groups in total. The Morgan fingerprint density at radius 3 is 2.12 bits per heavy atom. The van der Waals surface area contributed by atoms with Crippen LogP contribution in [0.1, 0.15) is 30.9 Å². The molecule has 3 nitrogen and oxygen atoms in total. The fourth-order valence-corrected chi connectivity index (χ4v) is 4.15. The molecule has 0 fully saturated rings. The average Bonchev–Trinajstić information content (AvgIpc) is 2.94. The maximum atomic E-state index is 13.6. The van der Waals surface area contributed by atoms with E-state index in [-0.39, 0.29) is 11.7 Å². The Morgan fingerprint density at radius 1 is 0.923 bits per heavy atom. The number of carbonyl (C=O) groups excluding carboxylic acids is 1. The summed E-state index contributed by atoms with van der Waals surface area (Å²) in [7, 11) is 0. The predicted octanol–water partition coefficient (Wildman–Crippen LogP) is 5.10. The summed E-state index contributed by atoms with van der Waals surface area (Å²) >= 11 is 0. The van der Waals surface area contributed by atoms with Gasteiger partial charge in [0.1, 0.15) is 11.2 Å². The Morgan fingerprint density at radius 2 is 1.54 bits per heavy atom. The summed E-state index contributed by atoms with van der Waals surface area (Å²) in [6, 6.07) is 23.0. The van der Waals surface area contributed by atoms with Crippen LogP contribution in [0.2, 0.25) is 0 Å². The van der Waals surface area contributed by atoms with Crippen LogP contribution in [-0.4, -0.2) is 11.0 Å². The molecule has 1 amide bonds. The van der Waals surface area contributed by atoms with Gasteiger partial charge in [-0.25, -0.2) is 0 Å². The van der Waals surface area contributed by atoms with E-state index in [0.717, 1.165) is 35.1 Å². The van der Waals surface area contributed by atoms with E-state index in [2.05, 4.69) is 36.5 Å². The summed E-state index contributed by atoms with van der Waals surface area (Å²) in [6.07, 6.45) is 1.61. The van der Waals surface area contributed by atoms with Gasteiger partial charge in [0, 0.05) is 11.8 Å². The number of phenolic OH excluding ortho intramolecular Hbond substituents is 1. The molecule has 3 heteroatoms. The highest BCUT2D eigenvalue weighted by atomic mass is 16.3. The van der Waals surface area contributed by atoms with Crippen molar-refractivity contribution in [1.29, 1.82) is 0 Å². The lowest BCUT2D eigenvalue weighted by atomic mass is 9.73. The zero-order valence-electron chi connectivity index (χ0n) is 14.7. The summed E-state index contributed by atoms with van der Waals surface area (Å²) in [6.45, 7) is 2.10. The average molecular weight is 343 g/mol. The van der Waals surface area contributed by atoms with Crippen LogP contribution >= 0.6 is 0 Å². The molecule has 0 bridgehead atoms. The maximum Gasteiger partial charge on any atom is 0.239 e. The smallest absolute Gasteiger partial charge is 0.239 e. The van der Waals surface area contributed by atoms with Gasteiger partial charge in [-0.2, -0.15) is 0 Å². The van der Waals surface area contributed by atoms with Crippen molar-refractivity contribution in [2.24, 2.45) is 0 Å². The van der Waals surface area contributed by atoms with Crippen molar-refractivity contribution in [3.05, 3.63) is 83.9 Å². The number of benzene rings is 3. The maximum absolute atomic E-state index is 13.6. The van der Waals surface area contributed by atoms with Gasteiger partial charge in [0.05, 0.1) is 0 Å². The third-order valence-corrected chi connectivity index (χ3v) is 5.18. The standard InChI is InChI=1S/C23H21NO2/c1-2-14-23(22(26)24-16-8-7-9-17(25)15-16)20-12-5-3-10-18(20)19-11-4-6-13-21(19)23/h3-13,15,25H,2,14H2,1H3,(H,24,26). The van der Waals surface area contributed by atoms with Crippen molar-refractivity contribution >= 4 is 11.6 Å². The molecular weight excluding hydrogens is 322 g/mol. The van der Waals surface area contributed by atoms with E-state index in [1.807, 2.05) is 24.3 Å². The van der Waals surface area contributed by atoms with Crippen LogP contribution in [-0.2, 0) is 10.2 Å². The molecule has 0 aromatic heterocycles. The van der Waals surface area contributed by atoms with Crippen molar-refractivity contribution in [3.63, 3.8) is 0 Å². The third kappa shape index (κ3) is 2.39. The number of nitrogens with one attached hydrogen (secondary N) is 1. The Balaban J connectivity index is 1.87. The molecule has 3 aromatic rings. The molecule has 0 heterocycles.